The largest absolute Gasteiger partial charge is 0.491 e. The lowest BCUT2D eigenvalue weighted by Gasteiger charge is -2.24. The molecular formula is C21H27N3O2. The number of aromatic nitrogens is 2. The van der Waals surface area contributed by atoms with Crippen LogP contribution in [0.15, 0.2) is 48.9 Å². The van der Waals surface area contributed by atoms with Crippen LogP contribution in [0.1, 0.15) is 25.1 Å². The number of benzene rings is 2. The second-order valence-corrected chi connectivity index (χ2v) is 6.86. The lowest BCUT2D eigenvalue weighted by Crippen LogP contribution is -2.27. The van der Waals surface area contributed by atoms with Gasteiger partial charge in [0, 0.05) is 38.4 Å². The smallest absolute Gasteiger partial charge is 0.124 e. The molecule has 3 rings (SSSR count). The number of aliphatic hydroxyl groups excluding tert-OH is 1. The van der Waals surface area contributed by atoms with Crippen LogP contribution in [0.2, 0.25) is 0 Å². The van der Waals surface area contributed by atoms with Gasteiger partial charge >= 0.3 is 0 Å². The van der Waals surface area contributed by atoms with E-state index < -0.39 is 0 Å². The molecule has 5 nitrogen and oxygen atoms in total. The van der Waals surface area contributed by atoms with Gasteiger partial charge in [-0.1, -0.05) is 30.3 Å². The second-order valence-electron chi connectivity index (χ2n) is 6.86. The van der Waals surface area contributed by atoms with Crippen LogP contribution in [-0.4, -0.2) is 38.8 Å². The van der Waals surface area contributed by atoms with Gasteiger partial charge in [-0.15, -0.1) is 0 Å². The van der Waals surface area contributed by atoms with Gasteiger partial charge < -0.3 is 14.4 Å². The third kappa shape index (κ3) is 4.23. The van der Waals surface area contributed by atoms with Crippen LogP contribution in [0.3, 0.4) is 0 Å². The Balaban J connectivity index is 1.96. The highest BCUT2D eigenvalue weighted by molar-refractivity contribution is 5.87. The summed E-state index contributed by atoms with van der Waals surface area (Å²) in [6, 6.07) is 12.5. The first-order valence-corrected chi connectivity index (χ1v) is 9.04. The topological polar surface area (TPSA) is 50.5 Å². The number of hydrogen-bond donors (Lipinski definition) is 1. The summed E-state index contributed by atoms with van der Waals surface area (Å²) in [5, 5.41) is 11.9. The van der Waals surface area contributed by atoms with Crippen LogP contribution in [0.4, 0.5) is 0 Å². The average molecular weight is 353 g/mol. The molecule has 0 fully saturated rings. The second kappa shape index (κ2) is 8.34. The summed E-state index contributed by atoms with van der Waals surface area (Å²) in [4.78, 5) is 6.43. The van der Waals surface area contributed by atoms with Crippen molar-refractivity contribution in [2.75, 3.05) is 13.2 Å². The van der Waals surface area contributed by atoms with Crippen molar-refractivity contribution < 1.29 is 9.84 Å². The number of fused-ring (bicyclic) bond motifs is 1. The quantitative estimate of drug-likeness (QED) is 0.675. The maximum Gasteiger partial charge on any atom is 0.124 e. The number of rotatable bonds is 8. The van der Waals surface area contributed by atoms with E-state index in [9.17, 15) is 5.11 Å². The Bertz CT molecular complexity index is 857. The standard InChI is InChI=1S/C21H27N3O2/c1-16(2)26-21-9-8-17-6-4-5-7-19(17)20(21)14-24(10-11-25)13-18-12-22-15-23(18)3/h4-9,12,15-16,25H,10-11,13-14H2,1-3H3. The van der Waals surface area contributed by atoms with Gasteiger partial charge in [0.2, 0.25) is 0 Å². The van der Waals surface area contributed by atoms with Crippen LogP contribution < -0.4 is 4.74 Å². The highest BCUT2D eigenvalue weighted by Crippen LogP contribution is 2.30. The summed E-state index contributed by atoms with van der Waals surface area (Å²) >= 11 is 0. The van der Waals surface area contributed by atoms with E-state index in [0.717, 1.165) is 23.6 Å². The Morgan fingerprint density at radius 1 is 1.15 bits per heavy atom. The molecule has 0 spiro atoms. The lowest BCUT2D eigenvalue weighted by atomic mass is 10.0. The monoisotopic (exact) mass is 353 g/mol. The average Bonchev–Trinajstić information content (AvgIpc) is 3.01. The number of imidazole rings is 1. The van der Waals surface area contributed by atoms with Crippen LogP contribution in [0, 0.1) is 0 Å². The molecule has 138 valence electrons. The third-order valence-corrected chi connectivity index (χ3v) is 4.46. The normalized spacial score (nSPS) is 11.6. The van der Waals surface area contributed by atoms with E-state index in [1.165, 1.54) is 10.8 Å². The summed E-state index contributed by atoms with van der Waals surface area (Å²) in [6.07, 6.45) is 3.79. The summed E-state index contributed by atoms with van der Waals surface area (Å²) < 4.78 is 8.10. The molecular weight excluding hydrogens is 326 g/mol. The van der Waals surface area contributed by atoms with Crippen molar-refractivity contribution in [3.63, 3.8) is 0 Å². The molecule has 0 radical (unpaired) electrons. The van der Waals surface area contributed by atoms with E-state index in [0.29, 0.717) is 13.1 Å². The van der Waals surface area contributed by atoms with Gasteiger partial charge in [0.15, 0.2) is 0 Å². The Morgan fingerprint density at radius 2 is 1.96 bits per heavy atom. The fourth-order valence-electron chi connectivity index (χ4n) is 3.19. The zero-order chi connectivity index (χ0) is 18.5. The summed E-state index contributed by atoms with van der Waals surface area (Å²) in [5.41, 5.74) is 2.28. The minimum Gasteiger partial charge on any atom is -0.491 e. The fourth-order valence-corrected chi connectivity index (χ4v) is 3.19. The Kier molecular flexibility index (Phi) is 5.91. The molecule has 0 atom stereocenters. The summed E-state index contributed by atoms with van der Waals surface area (Å²) in [7, 11) is 1.99. The van der Waals surface area contributed by atoms with E-state index in [1.807, 2.05) is 31.7 Å². The molecule has 0 aliphatic carbocycles. The van der Waals surface area contributed by atoms with Crippen LogP contribution in [-0.2, 0) is 20.1 Å². The molecule has 1 aromatic heterocycles. The molecule has 5 heteroatoms. The molecule has 26 heavy (non-hydrogen) atoms. The maximum atomic E-state index is 9.55. The van der Waals surface area contributed by atoms with E-state index in [1.54, 1.807) is 6.33 Å². The van der Waals surface area contributed by atoms with Crippen molar-refractivity contribution in [3.8, 4) is 5.75 Å². The SMILES string of the molecule is CC(C)Oc1ccc2ccccc2c1CN(CCO)Cc1cncn1C. The van der Waals surface area contributed by atoms with Crippen LogP contribution in [0.25, 0.3) is 10.8 Å². The first-order chi connectivity index (χ1) is 12.6. The molecule has 2 aromatic carbocycles. The van der Waals surface area contributed by atoms with Crippen molar-refractivity contribution in [3.05, 3.63) is 60.2 Å². The van der Waals surface area contributed by atoms with Crippen molar-refractivity contribution in [2.45, 2.75) is 33.0 Å². The van der Waals surface area contributed by atoms with Crippen molar-refractivity contribution in [1.29, 1.82) is 0 Å². The van der Waals surface area contributed by atoms with Gasteiger partial charge in [-0.25, -0.2) is 4.98 Å². The number of hydrogen-bond acceptors (Lipinski definition) is 4. The molecule has 3 aromatic rings. The van der Waals surface area contributed by atoms with Gasteiger partial charge in [0.25, 0.3) is 0 Å². The Labute approximate surface area is 154 Å². The molecule has 1 N–H and O–H groups in total. The van der Waals surface area contributed by atoms with E-state index in [2.05, 4.69) is 46.3 Å². The number of ether oxygens (including phenoxy) is 1. The third-order valence-electron chi connectivity index (χ3n) is 4.46. The lowest BCUT2D eigenvalue weighted by molar-refractivity contribution is 0.177. The number of nitrogens with zero attached hydrogens (tertiary/aromatic N) is 3. The first kappa shape index (κ1) is 18.4. The Morgan fingerprint density at radius 3 is 2.65 bits per heavy atom. The molecule has 0 bridgehead atoms. The highest BCUT2D eigenvalue weighted by Gasteiger charge is 2.15. The summed E-state index contributed by atoms with van der Waals surface area (Å²) in [6.45, 7) is 6.22. The Hall–Kier alpha value is -2.37. The predicted molar refractivity (Wildman–Crippen MR) is 104 cm³/mol. The van der Waals surface area contributed by atoms with Crippen molar-refractivity contribution in [1.82, 2.24) is 14.5 Å². The summed E-state index contributed by atoms with van der Waals surface area (Å²) in [5.74, 6) is 0.909. The predicted octanol–water partition coefficient (Wildman–Crippen LogP) is 3.36. The van der Waals surface area contributed by atoms with E-state index in [4.69, 9.17) is 4.74 Å². The van der Waals surface area contributed by atoms with Gasteiger partial charge in [-0.2, -0.15) is 0 Å². The zero-order valence-corrected chi connectivity index (χ0v) is 15.7. The highest BCUT2D eigenvalue weighted by atomic mass is 16.5. The van der Waals surface area contributed by atoms with Crippen LogP contribution in [0.5, 0.6) is 5.75 Å². The molecule has 0 aliphatic heterocycles. The van der Waals surface area contributed by atoms with E-state index in [-0.39, 0.29) is 12.7 Å². The minimum absolute atomic E-state index is 0.110. The molecule has 0 saturated carbocycles. The maximum absolute atomic E-state index is 9.55. The number of aliphatic hydroxyl groups is 1. The molecule has 0 amide bonds. The molecule has 1 heterocycles. The van der Waals surface area contributed by atoms with E-state index >= 15 is 0 Å². The van der Waals surface area contributed by atoms with Gasteiger partial charge in [-0.3, -0.25) is 4.90 Å². The molecule has 0 saturated heterocycles. The number of aryl methyl sites for hydroxylation is 1. The fraction of sp³-hybridized carbons (Fsp3) is 0.381. The van der Waals surface area contributed by atoms with Crippen molar-refractivity contribution in [2.24, 2.45) is 7.05 Å². The first-order valence-electron chi connectivity index (χ1n) is 9.04. The van der Waals surface area contributed by atoms with Gasteiger partial charge in [0.1, 0.15) is 5.75 Å². The molecule has 0 unspecified atom stereocenters. The minimum atomic E-state index is 0.110. The van der Waals surface area contributed by atoms with Crippen LogP contribution >= 0.6 is 0 Å². The van der Waals surface area contributed by atoms with Crippen molar-refractivity contribution >= 4 is 10.8 Å². The van der Waals surface area contributed by atoms with Gasteiger partial charge in [0.05, 0.1) is 24.7 Å². The zero-order valence-electron chi connectivity index (χ0n) is 15.7. The van der Waals surface area contributed by atoms with Gasteiger partial charge in [-0.05, 0) is 30.7 Å². The molecule has 0 aliphatic rings.